The fourth-order valence-electron chi connectivity index (χ4n) is 3.65. The van der Waals surface area contributed by atoms with E-state index in [4.69, 9.17) is 15.2 Å². The Bertz CT molecular complexity index is 474. The highest BCUT2D eigenvalue weighted by Crippen LogP contribution is 2.49. The second-order valence-electron chi connectivity index (χ2n) is 6.02. The first-order valence-corrected chi connectivity index (χ1v) is 7.28. The van der Waals surface area contributed by atoms with Crippen molar-refractivity contribution < 1.29 is 9.47 Å². The van der Waals surface area contributed by atoms with Crippen LogP contribution in [0.2, 0.25) is 0 Å². The minimum atomic E-state index is -0.0283. The Morgan fingerprint density at radius 2 is 2.26 bits per heavy atom. The molecule has 3 rings (SSSR count). The van der Waals surface area contributed by atoms with Crippen molar-refractivity contribution >= 4 is 0 Å². The maximum atomic E-state index is 6.37. The Morgan fingerprint density at radius 3 is 2.95 bits per heavy atom. The molecule has 3 unspecified atom stereocenters. The van der Waals surface area contributed by atoms with Gasteiger partial charge in [0.2, 0.25) is 0 Å². The van der Waals surface area contributed by atoms with E-state index in [-0.39, 0.29) is 11.6 Å². The molecule has 1 aromatic carbocycles. The third-order valence-electron chi connectivity index (χ3n) is 4.78. The fraction of sp³-hybridized carbons (Fsp3) is 0.625. The molecular weight excluding hydrogens is 238 g/mol. The summed E-state index contributed by atoms with van der Waals surface area (Å²) in [4.78, 5) is 0. The van der Waals surface area contributed by atoms with Crippen LogP contribution in [0.25, 0.3) is 0 Å². The minimum Gasteiger partial charge on any atom is -0.497 e. The number of nitrogens with two attached hydrogens (primary N) is 1. The van der Waals surface area contributed by atoms with Gasteiger partial charge in [-0.15, -0.1) is 0 Å². The van der Waals surface area contributed by atoms with Crippen molar-refractivity contribution in [2.75, 3.05) is 7.11 Å². The number of rotatable bonds is 2. The average Bonchev–Trinajstić information content (AvgIpc) is 2.80. The predicted octanol–water partition coefficient (Wildman–Crippen LogP) is 3.43. The van der Waals surface area contributed by atoms with Gasteiger partial charge < -0.3 is 15.2 Å². The molecule has 0 saturated heterocycles. The molecule has 19 heavy (non-hydrogen) atoms. The van der Waals surface area contributed by atoms with Gasteiger partial charge >= 0.3 is 0 Å². The summed E-state index contributed by atoms with van der Waals surface area (Å²) in [5, 5.41) is 0. The zero-order valence-electron chi connectivity index (χ0n) is 11.8. The molecule has 0 aromatic heterocycles. The zero-order chi connectivity index (χ0) is 13.5. The van der Waals surface area contributed by atoms with Gasteiger partial charge in [-0.25, -0.2) is 0 Å². The Kier molecular flexibility index (Phi) is 3.17. The van der Waals surface area contributed by atoms with E-state index in [1.165, 1.54) is 12.8 Å². The van der Waals surface area contributed by atoms with Gasteiger partial charge in [0.1, 0.15) is 17.1 Å². The smallest absolute Gasteiger partial charge is 0.128 e. The summed E-state index contributed by atoms with van der Waals surface area (Å²) in [7, 11) is 1.68. The van der Waals surface area contributed by atoms with Crippen molar-refractivity contribution in [3.8, 4) is 11.5 Å². The summed E-state index contributed by atoms with van der Waals surface area (Å²) in [6, 6.07) is 6.07. The molecule has 104 valence electrons. The van der Waals surface area contributed by atoms with Crippen molar-refractivity contribution in [3.05, 3.63) is 23.8 Å². The molecule has 3 heteroatoms. The summed E-state index contributed by atoms with van der Waals surface area (Å²) in [6.45, 7) is 2.27. The van der Waals surface area contributed by atoms with Gasteiger partial charge in [-0.3, -0.25) is 0 Å². The molecule has 1 heterocycles. The minimum absolute atomic E-state index is 0.0283. The molecule has 0 bridgehead atoms. The second kappa shape index (κ2) is 4.71. The first-order chi connectivity index (χ1) is 9.15. The molecule has 2 aliphatic rings. The quantitative estimate of drug-likeness (QED) is 0.887. The van der Waals surface area contributed by atoms with E-state index in [0.29, 0.717) is 0 Å². The fourth-order valence-corrected chi connectivity index (χ4v) is 3.65. The zero-order valence-corrected chi connectivity index (χ0v) is 11.8. The number of hydrogen-bond donors (Lipinski definition) is 1. The Balaban J connectivity index is 1.90. The van der Waals surface area contributed by atoms with Gasteiger partial charge in [0.25, 0.3) is 0 Å². The van der Waals surface area contributed by atoms with E-state index in [1.807, 2.05) is 18.2 Å². The molecule has 0 radical (unpaired) electrons. The largest absolute Gasteiger partial charge is 0.497 e. The van der Waals surface area contributed by atoms with Crippen molar-refractivity contribution in [1.29, 1.82) is 0 Å². The van der Waals surface area contributed by atoms with Crippen molar-refractivity contribution in [2.45, 2.75) is 50.7 Å². The van der Waals surface area contributed by atoms with Gasteiger partial charge in [0.05, 0.1) is 7.11 Å². The Morgan fingerprint density at radius 1 is 1.42 bits per heavy atom. The van der Waals surface area contributed by atoms with E-state index < -0.39 is 0 Å². The lowest BCUT2D eigenvalue weighted by Crippen LogP contribution is -2.40. The molecular formula is C16H23NO2. The molecule has 1 saturated carbocycles. The lowest BCUT2D eigenvalue weighted by Gasteiger charge is -2.39. The van der Waals surface area contributed by atoms with Crippen LogP contribution >= 0.6 is 0 Å². The predicted molar refractivity (Wildman–Crippen MR) is 75.5 cm³/mol. The van der Waals surface area contributed by atoms with Crippen LogP contribution in [-0.2, 0) is 0 Å². The van der Waals surface area contributed by atoms with Crippen LogP contribution in [0.3, 0.4) is 0 Å². The van der Waals surface area contributed by atoms with Crippen LogP contribution in [-0.4, -0.2) is 12.7 Å². The van der Waals surface area contributed by atoms with E-state index >= 15 is 0 Å². The van der Waals surface area contributed by atoms with Crippen molar-refractivity contribution in [3.63, 3.8) is 0 Å². The Hall–Kier alpha value is -1.22. The molecule has 1 aliphatic heterocycles. The van der Waals surface area contributed by atoms with E-state index in [1.54, 1.807) is 7.11 Å². The van der Waals surface area contributed by atoms with E-state index in [0.717, 1.165) is 42.2 Å². The maximum Gasteiger partial charge on any atom is 0.128 e. The molecule has 1 fully saturated rings. The normalized spacial score (nSPS) is 33.0. The van der Waals surface area contributed by atoms with Gasteiger partial charge in [0, 0.05) is 24.1 Å². The maximum absolute atomic E-state index is 6.37. The van der Waals surface area contributed by atoms with Gasteiger partial charge in [-0.05, 0) is 31.2 Å². The average molecular weight is 261 g/mol. The van der Waals surface area contributed by atoms with Crippen molar-refractivity contribution in [2.24, 2.45) is 11.7 Å². The molecule has 2 N–H and O–H groups in total. The van der Waals surface area contributed by atoms with Crippen LogP contribution < -0.4 is 15.2 Å². The molecule has 1 spiro atoms. The van der Waals surface area contributed by atoms with Gasteiger partial charge in [-0.2, -0.15) is 0 Å². The van der Waals surface area contributed by atoms with Gasteiger partial charge in [-0.1, -0.05) is 19.4 Å². The van der Waals surface area contributed by atoms with Crippen molar-refractivity contribution in [1.82, 2.24) is 0 Å². The third-order valence-corrected chi connectivity index (χ3v) is 4.78. The standard InChI is InChI=1S/C16H23NO2/c1-3-11-6-7-16(9-11)10-14(17)13-5-4-12(18-2)8-15(13)19-16/h4-5,8,11,14H,3,6-7,9-10,17H2,1-2H3. The van der Waals surface area contributed by atoms with Crippen LogP contribution in [0.1, 0.15) is 50.6 Å². The summed E-state index contributed by atoms with van der Waals surface area (Å²) in [5.74, 6) is 2.56. The van der Waals surface area contributed by atoms with Crippen LogP contribution in [0.5, 0.6) is 11.5 Å². The highest BCUT2D eigenvalue weighted by atomic mass is 16.5. The molecule has 1 aromatic rings. The topological polar surface area (TPSA) is 44.5 Å². The van der Waals surface area contributed by atoms with E-state index in [9.17, 15) is 0 Å². The van der Waals surface area contributed by atoms with Crippen LogP contribution in [0, 0.1) is 5.92 Å². The summed E-state index contributed by atoms with van der Waals surface area (Å²) in [6.07, 6.45) is 5.74. The van der Waals surface area contributed by atoms with Crippen LogP contribution in [0.15, 0.2) is 18.2 Å². The summed E-state index contributed by atoms with van der Waals surface area (Å²) >= 11 is 0. The first-order valence-electron chi connectivity index (χ1n) is 7.28. The highest BCUT2D eigenvalue weighted by Gasteiger charge is 2.45. The molecule has 1 aliphatic carbocycles. The van der Waals surface area contributed by atoms with Crippen LogP contribution in [0.4, 0.5) is 0 Å². The summed E-state index contributed by atoms with van der Waals surface area (Å²) in [5.41, 5.74) is 7.45. The molecule has 0 amide bonds. The SMILES string of the molecule is CCC1CCC2(C1)CC(N)c1ccc(OC)cc1O2. The summed E-state index contributed by atoms with van der Waals surface area (Å²) < 4.78 is 11.7. The highest BCUT2D eigenvalue weighted by molar-refractivity contribution is 5.44. The van der Waals surface area contributed by atoms with E-state index in [2.05, 4.69) is 6.92 Å². The number of hydrogen-bond acceptors (Lipinski definition) is 3. The number of methoxy groups -OCH3 is 1. The molecule has 3 atom stereocenters. The number of fused-ring (bicyclic) bond motifs is 1. The monoisotopic (exact) mass is 261 g/mol. The van der Waals surface area contributed by atoms with Gasteiger partial charge in [0.15, 0.2) is 0 Å². The lowest BCUT2D eigenvalue weighted by atomic mass is 9.85. The second-order valence-corrected chi connectivity index (χ2v) is 6.02. The first kappa shape index (κ1) is 12.8. The number of benzene rings is 1. The Labute approximate surface area is 115 Å². The lowest BCUT2D eigenvalue weighted by molar-refractivity contribution is 0.0382. The third kappa shape index (κ3) is 2.20. The molecule has 3 nitrogen and oxygen atoms in total. The number of ether oxygens (including phenoxy) is 2.